The van der Waals surface area contributed by atoms with E-state index in [1.165, 1.54) is 6.07 Å². The number of nitrogens with zero attached hydrogens (tertiary/aromatic N) is 2. The van der Waals surface area contributed by atoms with Crippen LogP contribution in [0.4, 0.5) is 4.39 Å². The molecule has 3 aromatic rings. The van der Waals surface area contributed by atoms with Crippen LogP contribution in [0.5, 0.6) is 0 Å². The highest BCUT2D eigenvalue weighted by Crippen LogP contribution is 2.20. The van der Waals surface area contributed by atoms with Crippen molar-refractivity contribution in [1.82, 2.24) is 15.5 Å². The molecule has 0 unspecified atom stereocenters. The van der Waals surface area contributed by atoms with Gasteiger partial charge >= 0.3 is 0 Å². The Morgan fingerprint density at radius 1 is 1.17 bits per heavy atom. The number of amides is 1. The Morgan fingerprint density at radius 3 is 2.79 bits per heavy atom. The maximum Gasteiger partial charge on any atom is 0.251 e. The van der Waals surface area contributed by atoms with Gasteiger partial charge in [0.25, 0.3) is 11.8 Å². The van der Waals surface area contributed by atoms with Crippen molar-refractivity contribution in [2.45, 2.75) is 6.42 Å². The minimum Gasteiger partial charge on any atom is -0.421 e. The van der Waals surface area contributed by atoms with Gasteiger partial charge in [-0.2, -0.15) is 0 Å². The Bertz CT molecular complexity index is 866. The van der Waals surface area contributed by atoms with Gasteiger partial charge < -0.3 is 9.73 Å². The van der Waals surface area contributed by atoms with Crippen molar-refractivity contribution in [2.75, 3.05) is 6.54 Å². The predicted octanol–water partition coefficient (Wildman–Crippen LogP) is 3.50. The molecule has 0 bridgehead atoms. The lowest BCUT2D eigenvalue weighted by Gasteiger charge is -2.03. The minimum atomic E-state index is -0.429. The highest BCUT2D eigenvalue weighted by Gasteiger charge is 2.12. The molecule has 0 saturated carbocycles. The van der Waals surface area contributed by atoms with Crippen molar-refractivity contribution in [2.24, 2.45) is 0 Å². The molecule has 0 aliphatic rings. The zero-order valence-corrected chi connectivity index (χ0v) is 13.3. The molecule has 0 atom stereocenters. The van der Waals surface area contributed by atoms with Crippen molar-refractivity contribution >= 4 is 17.5 Å². The fourth-order valence-electron chi connectivity index (χ4n) is 2.11. The van der Waals surface area contributed by atoms with Crippen molar-refractivity contribution in [3.8, 4) is 11.5 Å². The molecule has 1 heterocycles. The van der Waals surface area contributed by atoms with Crippen molar-refractivity contribution < 1.29 is 13.6 Å². The first-order valence-electron chi connectivity index (χ1n) is 7.24. The number of benzene rings is 2. The summed E-state index contributed by atoms with van der Waals surface area (Å²) in [5.74, 6) is -0.239. The van der Waals surface area contributed by atoms with E-state index in [-0.39, 0.29) is 17.4 Å². The quantitative estimate of drug-likeness (QED) is 0.768. The SMILES string of the molecule is O=C(NCCc1nnc(-c2ccccc2F)o1)c1cccc(Cl)c1. The second-order valence-corrected chi connectivity index (χ2v) is 5.43. The van der Waals surface area contributed by atoms with Gasteiger partial charge in [0.15, 0.2) is 0 Å². The number of aromatic nitrogens is 2. The average Bonchev–Trinajstić information content (AvgIpc) is 3.04. The fraction of sp³-hybridized carbons (Fsp3) is 0.118. The second-order valence-electron chi connectivity index (χ2n) is 5.00. The van der Waals surface area contributed by atoms with E-state index in [0.29, 0.717) is 29.4 Å². The molecule has 1 N–H and O–H groups in total. The largest absolute Gasteiger partial charge is 0.421 e. The first-order chi connectivity index (χ1) is 11.6. The lowest BCUT2D eigenvalue weighted by atomic mass is 10.2. The number of halogens is 2. The van der Waals surface area contributed by atoms with E-state index in [9.17, 15) is 9.18 Å². The number of rotatable bonds is 5. The summed E-state index contributed by atoms with van der Waals surface area (Å²) >= 11 is 5.85. The van der Waals surface area contributed by atoms with Crippen molar-refractivity contribution in [1.29, 1.82) is 0 Å². The molecule has 0 spiro atoms. The molecule has 7 heteroatoms. The number of carbonyl (C=O) groups excluding carboxylic acids is 1. The van der Waals surface area contributed by atoms with E-state index in [1.807, 2.05) is 0 Å². The lowest BCUT2D eigenvalue weighted by molar-refractivity contribution is 0.0953. The van der Waals surface area contributed by atoms with Gasteiger partial charge in [-0.25, -0.2) is 4.39 Å². The monoisotopic (exact) mass is 345 g/mol. The van der Waals surface area contributed by atoms with Gasteiger partial charge in [0.2, 0.25) is 5.89 Å². The van der Waals surface area contributed by atoms with Gasteiger partial charge in [0.1, 0.15) is 5.82 Å². The van der Waals surface area contributed by atoms with E-state index in [4.69, 9.17) is 16.0 Å². The molecule has 0 saturated heterocycles. The Morgan fingerprint density at radius 2 is 2.00 bits per heavy atom. The zero-order valence-electron chi connectivity index (χ0n) is 12.5. The molecule has 1 aromatic heterocycles. The van der Waals surface area contributed by atoms with Crippen LogP contribution in [0.25, 0.3) is 11.5 Å². The summed E-state index contributed by atoms with van der Waals surface area (Å²) in [6, 6.07) is 12.8. The second kappa shape index (κ2) is 7.23. The summed E-state index contributed by atoms with van der Waals surface area (Å²) in [7, 11) is 0. The molecule has 0 aliphatic heterocycles. The van der Waals surface area contributed by atoms with Gasteiger partial charge in [-0.05, 0) is 30.3 Å². The van der Waals surface area contributed by atoms with Crippen LogP contribution in [-0.4, -0.2) is 22.6 Å². The van der Waals surface area contributed by atoms with Gasteiger partial charge in [0, 0.05) is 23.6 Å². The van der Waals surface area contributed by atoms with E-state index in [2.05, 4.69) is 15.5 Å². The standard InChI is InChI=1S/C17H13ClFN3O2/c18-12-5-3-4-11(10-12)16(23)20-9-8-15-21-22-17(24-15)13-6-1-2-7-14(13)19/h1-7,10H,8-9H2,(H,20,23). The predicted molar refractivity (Wildman–Crippen MR) is 87.2 cm³/mol. The third-order valence-corrected chi connectivity index (χ3v) is 3.52. The van der Waals surface area contributed by atoms with Crippen LogP contribution in [0.15, 0.2) is 52.9 Å². The Labute approximate surface area is 142 Å². The third-order valence-electron chi connectivity index (χ3n) is 3.28. The fourth-order valence-corrected chi connectivity index (χ4v) is 2.30. The summed E-state index contributed by atoms with van der Waals surface area (Å²) in [5.41, 5.74) is 0.722. The molecule has 5 nitrogen and oxygen atoms in total. The minimum absolute atomic E-state index is 0.115. The summed E-state index contributed by atoms with van der Waals surface area (Å²) in [5, 5.41) is 10.9. The normalized spacial score (nSPS) is 10.6. The van der Waals surface area contributed by atoms with Crippen molar-refractivity contribution in [3.63, 3.8) is 0 Å². The molecule has 2 aromatic carbocycles. The van der Waals surface area contributed by atoms with Crippen LogP contribution in [0, 0.1) is 5.82 Å². The summed E-state index contributed by atoms with van der Waals surface area (Å²) in [4.78, 5) is 12.0. The van der Waals surface area contributed by atoms with Crippen LogP contribution in [-0.2, 0) is 6.42 Å². The highest BCUT2D eigenvalue weighted by atomic mass is 35.5. The van der Waals surface area contributed by atoms with E-state index < -0.39 is 5.82 Å². The molecule has 0 aliphatic carbocycles. The van der Waals surface area contributed by atoms with Gasteiger partial charge in [-0.1, -0.05) is 29.8 Å². The van der Waals surface area contributed by atoms with E-state index in [1.54, 1.807) is 42.5 Å². The maximum absolute atomic E-state index is 13.7. The lowest BCUT2D eigenvalue weighted by Crippen LogP contribution is -2.25. The molecule has 24 heavy (non-hydrogen) atoms. The number of hydrogen-bond acceptors (Lipinski definition) is 4. The topological polar surface area (TPSA) is 68.0 Å². The first-order valence-corrected chi connectivity index (χ1v) is 7.62. The molecular formula is C17H13ClFN3O2. The zero-order chi connectivity index (χ0) is 16.9. The molecule has 0 radical (unpaired) electrons. The van der Waals surface area contributed by atoms with Crippen LogP contribution in [0.2, 0.25) is 5.02 Å². The van der Waals surface area contributed by atoms with Gasteiger partial charge in [-0.3, -0.25) is 4.79 Å². The molecule has 3 rings (SSSR count). The Kier molecular flexibility index (Phi) is 4.86. The average molecular weight is 346 g/mol. The Balaban J connectivity index is 1.58. The first kappa shape index (κ1) is 16.1. The summed E-state index contributed by atoms with van der Waals surface area (Å²) in [6.07, 6.45) is 0.341. The van der Waals surface area contributed by atoms with Crippen LogP contribution < -0.4 is 5.32 Å². The summed E-state index contributed by atoms with van der Waals surface area (Å²) < 4.78 is 19.1. The van der Waals surface area contributed by atoms with E-state index in [0.717, 1.165) is 0 Å². The third kappa shape index (κ3) is 3.78. The highest BCUT2D eigenvalue weighted by molar-refractivity contribution is 6.30. The molecule has 0 fully saturated rings. The van der Waals surface area contributed by atoms with Crippen LogP contribution >= 0.6 is 11.6 Å². The van der Waals surface area contributed by atoms with E-state index >= 15 is 0 Å². The molecule has 1 amide bonds. The number of nitrogens with one attached hydrogen (secondary N) is 1. The van der Waals surface area contributed by atoms with Crippen LogP contribution in [0.1, 0.15) is 16.2 Å². The molecular weight excluding hydrogens is 333 g/mol. The molecule has 122 valence electrons. The van der Waals surface area contributed by atoms with Gasteiger partial charge in [0.05, 0.1) is 5.56 Å². The summed E-state index contributed by atoms with van der Waals surface area (Å²) in [6.45, 7) is 0.310. The number of hydrogen-bond donors (Lipinski definition) is 1. The Hall–Kier alpha value is -2.73. The van der Waals surface area contributed by atoms with Crippen molar-refractivity contribution in [3.05, 3.63) is 70.8 Å². The smallest absolute Gasteiger partial charge is 0.251 e. The van der Waals surface area contributed by atoms with Gasteiger partial charge in [-0.15, -0.1) is 10.2 Å². The number of carbonyl (C=O) groups is 1. The van der Waals surface area contributed by atoms with Crippen LogP contribution in [0.3, 0.4) is 0 Å². The maximum atomic E-state index is 13.7.